The van der Waals surface area contributed by atoms with Crippen LogP contribution in [0.5, 0.6) is 0 Å². The van der Waals surface area contributed by atoms with E-state index in [1.165, 1.54) is 0 Å². The van der Waals surface area contributed by atoms with Crippen molar-refractivity contribution in [1.29, 1.82) is 0 Å². The molecule has 2 N–H and O–H groups in total. The zero-order valence-corrected chi connectivity index (χ0v) is 8.94. The second-order valence-electron chi connectivity index (χ2n) is 2.93. The van der Waals surface area contributed by atoms with E-state index in [0.717, 1.165) is 12.1 Å². The summed E-state index contributed by atoms with van der Waals surface area (Å²) in [5.74, 6) is 0. The average Bonchev–Trinajstić information content (AvgIpc) is 2.09. The zero-order chi connectivity index (χ0) is 9.84. The Balaban J connectivity index is 2.77. The summed E-state index contributed by atoms with van der Waals surface area (Å²) in [6.07, 6.45) is 0. The van der Waals surface area contributed by atoms with Crippen LogP contribution in [0.1, 0.15) is 5.56 Å². The lowest BCUT2D eigenvalue weighted by atomic mass is 10.2. The van der Waals surface area contributed by atoms with Crippen molar-refractivity contribution in [2.24, 2.45) is 5.73 Å². The monoisotopic (exact) mass is 218 g/mol. The third-order valence-corrected chi connectivity index (χ3v) is 2.35. The van der Waals surface area contributed by atoms with E-state index in [-0.39, 0.29) is 0 Å². The maximum absolute atomic E-state index is 5.98. The number of hydrogen-bond acceptors (Lipinski definition) is 2. The van der Waals surface area contributed by atoms with E-state index in [2.05, 4.69) is 0 Å². The topological polar surface area (TPSA) is 29.3 Å². The molecule has 4 heteroatoms. The Hall–Kier alpha value is -0.280. The fourth-order valence-electron chi connectivity index (χ4n) is 1.01. The van der Waals surface area contributed by atoms with Gasteiger partial charge >= 0.3 is 0 Å². The van der Waals surface area contributed by atoms with E-state index in [1.807, 2.05) is 24.1 Å². The molecule has 0 fully saturated rings. The lowest BCUT2D eigenvalue weighted by Gasteiger charge is -2.14. The molecule has 0 spiro atoms. The van der Waals surface area contributed by atoms with Crippen molar-refractivity contribution in [2.75, 3.05) is 13.7 Å². The van der Waals surface area contributed by atoms with E-state index < -0.39 is 0 Å². The van der Waals surface area contributed by atoms with E-state index in [9.17, 15) is 0 Å². The van der Waals surface area contributed by atoms with Crippen LogP contribution in [0.4, 0.5) is 0 Å². The molecule has 0 bridgehead atoms. The van der Waals surface area contributed by atoms with Gasteiger partial charge in [-0.1, -0.05) is 29.3 Å². The molecule has 13 heavy (non-hydrogen) atoms. The molecule has 0 radical (unpaired) electrons. The molecule has 0 saturated carbocycles. The van der Waals surface area contributed by atoms with Gasteiger partial charge in [0.1, 0.15) is 0 Å². The molecule has 2 nitrogen and oxygen atoms in total. The summed E-state index contributed by atoms with van der Waals surface area (Å²) < 4.78 is 0. The van der Waals surface area contributed by atoms with Crippen LogP contribution < -0.4 is 5.73 Å². The van der Waals surface area contributed by atoms with Crippen LogP contribution in [0.25, 0.3) is 0 Å². The molecular formula is C9H12Cl2N2. The van der Waals surface area contributed by atoms with E-state index in [0.29, 0.717) is 16.7 Å². The SMILES string of the molecule is CN(CN)Cc1ccc(Cl)cc1Cl. The predicted molar refractivity (Wildman–Crippen MR) is 57.0 cm³/mol. The lowest BCUT2D eigenvalue weighted by Crippen LogP contribution is -2.25. The summed E-state index contributed by atoms with van der Waals surface area (Å²) in [6.45, 7) is 1.26. The summed E-state index contributed by atoms with van der Waals surface area (Å²) >= 11 is 11.7. The van der Waals surface area contributed by atoms with E-state index in [1.54, 1.807) is 6.07 Å². The van der Waals surface area contributed by atoms with Crippen LogP contribution in [0, 0.1) is 0 Å². The largest absolute Gasteiger partial charge is 0.318 e. The van der Waals surface area contributed by atoms with Crippen molar-refractivity contribution in [3.8, 4) is 0 Å². The van der Waals surface area contributed by atoms with Gasteiger partial charge in [-0.2, -0.15) is 0 Å². The van der Waals surface area contributed by atoms with Crippen molar-refractivity contribution in [1.82, 2.24) is 4.90 Å². The second-order valence-corrected chi connectivity index (χ2v) is 3.78. The van der Waals surface area contributed by atoms with Crippen LogP contribution in [0.15, 0.2) is 18.2 Å². The smallest absolute Gasteiger partial charge is 0.0465 e. The molecule has 1 aromatic rings. The number of rotatable bonds is 3. The predicted octanol–water partition coefficient (Wildman–Crippen LogP) is 2.34. The molecule has 0 aliphatic heterocycles. The molecule has 0 aliphatic rings. The van der Waals surface area contributed by atoms with Crippen LogP contribution in [0.3, 0.4) is 0 Å². The quantitative estimate of drug-likeness (QED) is 0.790. The fraction of sp³-hybridized carbons (Fsp3) is 0.333. The molecule has 0 aromatic heterocycles. The number of nitrogens with zero attached hydrogens (tertiary/aromatic N) is 1. The Morgan fingerprint density at radius 2 is 2.08 bits per heavy atom. The Bertz CT molecular complexity index is 289. The highest BCUT2D eigenvalue weighted by Crippen LogP contribution is 2.21. The Labute approximate surface area is 88.2 Å². The molecule has 1 rings (SSSR count). The van der Waals surface area contributed by atoms with Crippen molar-refractivity contribution < 1.29 is 0 Å². The molecule has 0 unspecified atom stereocenters. The van der Waals surface area contributed by atoms with Crippen molar-refractivity contribution in [2.45, 2.75) is 6.54 Å². The van der Waals surface area contributed by atoms with Gasteiger partial charge in [-0.3, -0.25) is 4.90 Å². The number of halogens is 2. The van der Waals surface area contributed by atoms with Crippen LogP contribution in [-0.2, 0) is 6.54 Å². The second kappa shape index (κ2) is 4.82. The maximum atomic E-state index is 5.98. The molecule has 0 aliphatic carbocycles. The zero-order valence-electron chi connectivity index (χ0n) is 7.43. The third-order valence-electron chi connectivity index (χ3n) is 1.77. The standard InChI is InChI=1S/C9H12Cl2N2/c1-13(6-12)5-7-2-3-8(10)4-9(7)11/h2-4H,5-6,12H2,1H3. The van der Waals surface area contributed by atoms with Gasteiger partial charge in [-0.15, -0.1) is 0 Å². The average molecular weight is 219 g/mol. The molecular weight excluding hydrogens is 207 g/mol. The summed E-state index contributed by atoms with van der Waals surface area (Å²) in [7, 11) is 1.94. The summed E-state index contributed by atoms with van der Waals surface area (Å²) in [5, 5.41) is 1.34. The van der Waals surface area contributed by atoms with Gasteiger partial charge < -0.3 is 5.73 Å². The highest BCUT2D eigenvalue weighted by molar-refractivity contribution is 6.35. The first-order valence-corrected chi connectivity index (χ1v) is 4.71. The highest BCUT2D eigenvalue weighted by atomic mass is 35.5. The molecule has 1 aromatic carbocycles. The number of nitrogens with two attached hydrogens (primary N) is 1. The molecule has 0 heterocycles. The minimum Gasteiger partial charge on any atom is -0.318 e. The van der Waals surface area contributed by atoms with Gasteiger partial charge in [0.15, 0.2) is 0 Å². The van der Waals surface area contributed by atoms with Crippen molar-refractivity contribution in [3.63, 3.8) is 0 Å². The van der Waals surface area contributed by atoms with Gasteiger partial charge in [0, 0.05) is 23.3 Å². The van der Waals surface area contributed by atoms with Crippen LogP contribution >= 0.6 is 23.2 Å². The minimum absolute atomic E-state index is 0.513. The Morgan fingerprint density at radius 3 is 2.62 bits per heavy atom. The van der Waals surface area contributed by atoms with Gasteiger partial charge in [-0.25, -0.2) is 0 Å². The first-order valence-electron chi connectivity index (χ1n) is 3.96. The number of hydrogen-bond donors (Lipinski definition) is 1. The van der Waals surface area contributed by atoms with E-state index in [4.69, 9.17) is 28.9 Å². The van der Waals surface area contributed by atoms with Gasteiger partial charge in [0.2, 0.25) is 0 Å². The Kier molecular flexibility index (Phi) is 4.00. The maximum Gasteiger partial charge on any atom is 0.0465 e. The van der Waals surface area contributed by atoms with Gasteiger partial charge in [-0.05, 0) is 24.7 Å². The minimum atomic E-state index is 0.513. The molecule has 0 atom stereocenters. The molecule has 72 valence electrons. The third kappa shape index (κ3) is 3.16. The van der Waals surface area contributed by atoms with Gasteiger partial charge in [0.05, 0.1) is 0 Å². The fourth-order valence-corrected chi connectivity index (χ4v) is 1.47. The Morgan fingerprint density at radius 1 is 1.38 bits per heavy atom. The lowest BCUT2D eigenvalue weighted by molar-refractivity contribution is 0.337. The molecule has 0 amide bonds. The van der Waals surface area contributed by atoms with Gasteiger partial charge in [0.25, 0.3) is 0 Å². The first-order chi connectivity index (χ1) is 6.13. The van der Waals surface area contributed by atoms with Crippen molar-refractivity contribution in [3.05, 3.63) is 33.8 Å². The van der Waals surface area contributed by atoms with Crippen LogP contribution in [0.2, 0.25) is 10.0 Å². The number of benzene rings is 1. The molecule has 0 saturated heterocycles. The summed E-state index contributed by atoms with van der Waals surface area (Å²) in [6, 6.07) is 5.48. The first kappa shape index (κ1) is 10.8. The van der Waals surface area contributed by atoms with Crippen LogP contribution in [-0.4, -0.2) is 18.6 Å². The highest BCUT2D eigenvalue weighted by Gasteiger charge is 2.03. The summed E-state index contributed by atoms with van der Waals surface area (Å²) in [4.78, 5) is 1.97. The van der Waals surface area contributed by atoms with E-state index >= 15 is 0 Å². The normalized spacial score (nSPS) is 10.8. The van der Waals surface area contributed by atoms with Crippen molar-refractivity contribution >= 4 is 23.2 Å². The summed E-state index contributed by atoms with van der Waals surface area (Å²) in [5.41, 5.74) is 6.50.